The van der Waals surface area contributed by atoms with Crippen molar-refractivity contribution in [2.24, 2.45) is 0 Å². The maximum absolute atomic E-state index is 8.63. The maximum atomic E-state index is 8.63. The fourth-order valence-corrected chi connectivity index (χ4v) is 2.12. The third-order valence-electron chi connectivity index (χ3n) is 3.39. The Hall–Kier alpha value is -3.52. The summed E-state index contributed by atoms with van der Waals surface area (Å²) in [6, 6.07) is 38.2. The highest BCUT2D eigenvalue weighted by molar-refractivity contribution is 5.62. The van der Waals surface area contributed by atoms with Gasteiger partial charge in [-0.1, -0.05) is 145 Å². The number of hydrogen-bond acceptors (Lipinski definition) is 2. The fraction of sp³-hybridized carbons (Fsp3) is 0.226. The van der Waals surface area contributed by atoms with Gasteiger partial charge in [-0.2, -0.15) is 0 Å². The molecule has 0 atom stereocenters. The third kappa shape index (κ3) is 18.9. The van der Waals surface area contributed by atoms with Gasteiger partial charge < -0.3 is 10.2 Å². The molecule has 4 rings (SSSR count). The molecule has 0 fully saturated rings. The number of aromatic hydroxyl groups is 2. The van der Waals surface area contributed by atoms with Crippen molar-refractivity contribution in [3.05, 3.63) is 121 Å². The van der Waals surface area contributed by atoms with Crippen molar-refractivity contribution in [3.63, 3.8) is 0 Å². The molecule has 178 valence electrons. The van der Waals surface area contributed by atoms with E-state index in [4.69, 9.17) is 10.2 Å². The Labute approximate surface area is 202 Å². The molecule has 2 N–H and O–H groups in total. The van der Waals surface area contributed by atoms with E-state index in [2.05, 4.69) is 76.2 Å². The van der Waals surface area contributed by atoms with Gasteiger partial charge in [-0.15, -0.1) is 0 Å². The first-order chi connectivity index (χ1) is 15.6. The van der Waals surface area contributed by atoms with Crippen molar-refractivity contribution in [2.75, 3.05) is 0 Å². The van der Waals surface area contributed by atoms with E-state index < -0.39 is 0 Å². The van der Waals surface area contributed by atoms with E-state index in [0.29, 0.717) is 11.5 Å². The van der Waals surface area contributed by atoms with E-state index in [-0.39, 0.29) is 7.43 Å². The third-order valence-corrected chi connectivity index (χ3v) is 3.39. The van der Waals surface area contributed by atoms with Crippen LogP contribution in [0.5, 0.6) is 11.5 Å². The number of phenols is 2. The first-order valence-corrected chi connectivity index (χ1v) is 11.2. The molecular formula is C31H42O2. The van der Waals surface area contributed by atoms with Crippen molar-refractivity contribution in [1.82, 2.24) is 0 Å². The van der Waals surface area contributed by atoms with Crippen molar-refractivity contribution < 1.29 is 10.2 Å². The SMILES string of the molecule is C.CCC.CCC.Oc1ccccc1.Oc1ccccc1.c1ccc(-c2ccccc2)cc1. The van der Waals surface area contributed by atoms with Gasteiger partial charge in [0.1, 0.15) is 11.5 Å². The highest BCUT2D eigenvalue weighted by Gasteiger charge is 1.91. The van der Waals surface area contributed by atoms with E-state index in [1.807, 2.05) is 24.3 Å². The average molecular weight is 447 g/mol. The van der Waals surface area contributed by atoms with Gasteiger partial charge >= 0.3 is 0 Å². The molecular weight excluding hydrogens is 404 g/mol. The van der Waals surface area contributed by atoms with E-state index in [1.165, 1.54) is 24.0 Å². The van der Waals surface area contributed by atoms with Crippen LogP contribution >= 0.6 is 0 Å². The molecule has 0 radical (unpaired) electrons. The molecule has 0 spiro atoms. The van der Waals surface area contributed by atoms with Crippen molar-refractivity contribution in [3.8, 4) is 22.6 Å². The molecule has 0 amide bonds. The lowest BCUT2D eigenvalue weighted by Gasteiger charge is -1.98. The van der Waals surface area contributed by atoms with Gasteiger partial charge in [0, 0.05) is 0 Å². The molecule has 33 heavy (non-hydrogen) atoms. The van der Waals surface area contributed by atoms with Crippen LogP contribution in [0.1, 0.15) is 48.0 Å². The first kappa shape index (κ1) is 31.7. The van der Waals surface area contributed by atoms with Crippen LogP contribution in [-0.4, -0.2) is 10.2 Å². The Morgan fingerprint density at radius 1 is 0.394 bits per heavy atom. The number of benzene rings is 4. The number of phenolic OH excluding ortho intramolecular Hbond substituents is 2. The monoisotopic (exact) mass is 446 g/mol. The quantitative estimate of drug-likeness (QED) is 0.305. The van der Waals surface area contributed by atoms with Gasteiger partial charge in [-0.05, 0) is 35.4 Å². The molecule has 4 aromatic carbocycles. The summed E-state index contributed by atoms with van der Waals surface area (Å²) in [5.41, 5.74) is 2.55. The summed E-state index contributed by atoms with van der Waals surface area (Å²) in [5.74, 6) is 0.644. The largest absolute Gasteiger partial charge is 0.508 e. The summed E-state index contributed by atoms with van der Waals surface area (Å²) >= 11 is 0. The lowest BCUT2D eigenvalue weighted by molar-refractivity contribution is 0.475. The molecule has 0 bridgehead atoms. The highest BCUT2D eigenvalue weighted by atomic mass is 16.3. The fourth-order valence-electron chi connectivity index (χ4n) is 2.12. The molecule has 0 heterocycles. The minimum Gasteiger partial charge on any atom is -0.508 e. The summed E-state index contributed by atoms with van der Waals surface area (Å²) in [5, 5.41) is 17.3. The maximum Gasteiger partial charge on any atom is 0.115 e. The topological polar surface area (TPSA) is 40.5 Å². The summed E-state index contributed by atoms with van der Waals surface area (Å²) in [6.45, 7) is 8.50. The number of para-hydroxylation sites is 2. The molecule has 0 unspecified atom stereocenters. The van der Waals surface area contributed by atoms with Crippen molar-refractivity contribution in [2.45, 2.75) is 48.0 Å². The summed E-state index contributed by atoms with van der Waals surface area (Å²) < 4.78 is 0. The minimum absolute atomic E-state index is 0. The van der Waals surface area contributed by atoms with E-state index in [0.717, 1.165) is 0 Å². The Morgan fingerprint density at radius 3 is 0.727 bits per heavy atom. The molecule has 0 saturated carbocycles. The predicted octanol–water partition coefficient (Wildman–Crippen LogP) is 9.61. The Morgan fingerprint density at radius 2 is 0.576 bits per heavy atom. The van der Waals surface area contributed by atoms with Crippen LogP contribution in [-0.2, 0) is 0 Å². The molecule has 2 heteroatoms. The van der Waals surface area contributed by atoms with E-state index in [9.17, 15) is 0 Å². The van der Waals surface area contributed by atoms with Gasteiger partial charge in [-0.25, -0.2) is 0 Å². The van der Waals surface area contributed by atoms with Gasteiger partial charge in [0.25, 0.3) is 0 Å². The highest BCUT2D eigenvalue weighted by Crippen LogP contribution is 2.17. The zero-order valence-electron chi connectivity index (χ0n) is 19.9. The van der Waals surface area contributed by atoms with Gasteiger partial charge in [-0.3, -0.25) is 0 Å². The normalized spacial score (nSPS) is 8.24. The standard InChI is InChI=1S/C12H10.2C6H6O.2C3H8.CH4/c1-3-7-11(8-4-1)12-9-5-2-6-10-12;2*7-6-4-2-1-3-5-6;2*1-3-2;/h1-10H;2*1-5,7H;2*3H2,1-2H3;1H4. The van der Waals surface area contributed by atoms with Crippen LogP contribution in [0.4, 0.5) is 0 Å². The number of rotatable bonds is 1. The molecule has 0 saturated heterocycles. The van der Waals surface area contributed by atoms with Crippen LogP contribution in [0.25, 0.3) is 11.1 Å². The molecule has 0 aromatic heterocycles. The van der Waals surface area contributed by atoms with Crippen LogP contribution in [0.3, 0.4) is 0 Å². The molecule has 4 aromatic rings. The second-order valence-corrected chi connectivity index (χ2v) is 6.82. The summed E-state index contributed by atoms with van der Waals surface area (Å²) in [7, 11) is 0. The second-order valence-electron chi connectivity index (χ2n) is 6.82. The Balaban J connectivity index is 0. The van der Waals surface area contributed by atoms with E-state index in [1.54, 1.807) is 48.5 Å². The summed E-state index contributed by atoms with van der Waals surface area (Å²) in [6.07, 6.45) is 2.50. The molecule has 0 aliphatic rings. The second kappa shape index (κ2) is 23.1. The molecule has 0 aliphatic carbocycles. The average Bonchev–Trinajstić information content (AvgIpc) is 2.83. The first-order valence-electron chi connectivity index (χ1n) is 11.2. The molecule has 0 aliphatic heterocycles. The number of hydrogen-bond donors (Lipinski definition) is 2. The zero-order valence-corrected chi connectivity index (χ0v) is 19.9. The van der Waals surface area contributed by atoms with Crippen molar-refractivity contribution in [1.29, 1.82) is 0 Å². The van der Waals surface area contributed by atoms with Gasteiger partial charge in [0.15, 0.2) is 0 Å². The van der Waals surface area contributed by atoms with Crippen molar-refractivity contribution >= 4 is 0 Å². The zero-order chi connectivity index (χ0) is 23.9. The lowest BCUT2D eigenvalue weighted by Crippen LogP contribution is -1.73. The van der Waals surface area contributed by atoms with Crippen LogP contribution in [0.15, 0.2) is 121 Å². The predicted molar refractivity (Wildman–Crippen MR) is 147 cm³/mol. The van der Waals surface area contributed by atoms with Crippen LogP contribution in [0.2, 0.25) is 0 Å². The van der Waals surface area contributed by atoms with Crippen LogP contribution in [0, 0.1) is 0 Å². The Bertz CT molecular complexity index is 785. The summed E-state index contributed by atoms with van der Waals surface area (Å²) in [4.78, 5) is 0. The smallest absolute Gasteiger partial charge is 0.115 e. The van der Waals surface area contributed by atoms with Crippen LogP contribution < -0.4 is 0 Å². The van der Waals surface area contributed by atoms with Gasteiger partial charge in [0.05, 0.1) is 0 Å². The minimum atomic E-state index is 0. The lowest BCUT2D eigenvalue weighted by atomic mass is 10.1. The van der Waals surface area contributed by atoms with Gasteiger partial charge in [0.2, 0.25) is 0 Å². The van der Waals surface area contributed by atoms with E-state index >= 15 is 0 Å². The Kier molecular flexibility index (Phi) is 22.2. The molecule has 2 nitrogen and oxygen atoms in total.